The van der Waals surface area contributed by atoms with E-state index >= 15 is 0 Å². The number of benzene rings is 1. The average molecular weight is 236 g/mol. The second-order valence-corrected chi connectivity index (χ2v) is 4.22. The Labute approximate surface area is 99.9 Å². The van der Waals surface area contributed by atoms with Gasteiger partial charge in [0.05, 0.1) is 18.4 Å². The minimum atomic E-state index is 0.722. The minimum absolute atomic E-state index is 0.722. The molecular formula is C12H14ClN3. The number of imidazole rings is 1. The lowest BCUT2D eigenvalue weighted by molar-refractivity contribution is 1.05. The quantitative estimate of drug-likeness (QED) is 0.857. The lowest BCUT2D eigenvalue weighted by Crippen LogP contribution is -1.99. The molecule has 4 heteroatoms. The molecule has 1 heterocycles. The van der Waals surface area contributed by atoms with Crippen molar-refractivity contribution >= 4 is 17.3 Å². The van der Waals surface area contributed by atoms with Crippen LogP contribution in [0.5, 0.6) is 0 Å². The Kier molecular flexibility index (Phi) is 3.15. The molecule has 0 radical (unpaired) electrons. The number of H-pyrrole nitrogens is 1. The third kappa shape index (κ3) is 2.55. The number of hydrogen-bond acceptors (Lipinski definition) is 2. The van der Waals surface area contributed by atoms with Crippen molar-refractivity contribution in [3.63, 3.8) is 0 Å². The Morgan fingerprint density at radius 2 is 2.19 bits per heavy atom. The van der Waals surface area contributed by atoms with Gasteiger partial charge in [-0.25, -0.2) is 4.98 Å². The molecule has 1 aromatic carbocycles. The van der Waals surface area contributed by atoms with E-state index in [0.29, 0.717) is 0 Å². The van der Waals surface area contributed by atoms with E-state index in [9.17, 15) is 0 Å². The third-order valence-corrected chi connectivity index (χ3v) is 2.82. The van der Waals surface area contributed by atoms with E-state index in [-0.39, 0.29) is 0 Å². The van der Waals surface area contributed by atoms with Crippen molar-refractivity contribution in [2.45, 2.75) is 20.4 Å². The van der Waals surface area contributed by atoms with E-state index < -0.39 is 0 Å². The molecule has 3 nitrogen and oxygen atoms in total. The summed E-state index contributed by atoms with van der Waals surface area (Å²) < 4.78 is 0. The monoisotopic (exact) mass is 235 g/mol. The van der Waals surface area contributed by atoms with Crippen molar-refractivity contribution in [2.75, 3.05) is 5.32 Å². The number of rotatable bonds is 3. The normalized spacial score (nSPS) is 10.4. The summed E-state index contributed by atoms with van der Waals surface area (Å²) in [6.07, 6.45) is 1.83. The molecule has 0 atom stereocenters. The van der Waals surface area contributed by atoms with Gasteiger partial charge in [-0.1, -0.05) is 17.7 Å². The van der Waals surface area contributed by atoms with Crippen LogP contribution in [0.15, 0.2) is 24.4 Å². The van der Waals surface area contributed by atoms with Crippen LogP contribution in [-0.2, 0) is 6.54 Å². The molecule has 0 amide bonds. The molecular weight excluding hydrogens is 222 g/mol. The van der Waals surface area contributed by atoms with E-state index in [1.54, 1.807) is 0 Å². The number of hydrogen-bond donors (Lipinski definition) is 2. The average Bonchev–Trinajstić information content (AvgIpc) is 2.66. The largest absolute Gasteiger partial charge is 0.379 e. The third-order valence-electron chi connectivity index (χ3n) is 2.41. The van der Waals surface area contributed by atoms with Crippen LogP contribution in [-0.4, -0.2) is 9.97 Å². The first kappa shape index (κ1) is 11.0. The Morgan fingerprint density at radius 3 is 2.81 bits per heavy atom. The van der Waals surface area contributed by atoms with Gasteiger partial charge in [-0.15, -0.1) is 0 Å². The highest BCUT2D eigenvalue weighted by molar-refractivity contribution is 6.31. The van der Waals surface area contributed by atoms with Crippen molar-refractivity contribution in [1.29, 1.82) is 0 Å². The van der Waals surface area contributed by atoms with Crippen LogP contribution in [0.2, 0.25) is 5.02 Å². The van der Waals surface area contributed by atoms with Gasteiger partial charge in [0.2, 0.25) is 0 Å². The molecule has 0 aliphatic carbocycles. The first-order valence-electron chi connectivity index (χ1n) is 5.15. The lowest BCUT2D eigenvalue weighted by Gasteiger charge is -2.06. The predicted molar refractivity (Wildman–Crippen MR) is 66.8 cm³/mol. The van der Waals surface area contributed by atoms with Crippen LogP contribution < -0.4 is 5.32 Å². The Balaban J connectivity index is 2.02. The smallest absolute Gasteiger partial charge is 0.103 e. The van der Waals surface area contributed by atoms with E-state index in [4.69, 9.17) is 11.6 Å². The molecule has 0 saturated heterocycles. The molecule has 0 aliphatic rings. The molecule has 16 heavy (non-hydrogen) atoms. The van der Waals surface area contributed by atoms with Crippen LogP contribution in [0.4, 0.5) is 5.69 Å². The Bertz CT molecular complexity index is 491. The summed E-state index contributed by atoms with van der Waals surface area (Å²) in [5.41, 5.74) is 3.17. The molecule has 84 valence electrons. The van der Waals surface area contributed by atoms with Gasteiger partial charge < -0.3 is 10.3 Å². The van der Waals surface area contributed by atoms with Crippen LogP contribution in [0, 0.1) is 13.8 Å². The van der Waals surface area contributed by atoms with Gasteiger partial charge in [0.1, 0.15) is 5.82 Å². The molecule has 2 rings (SSSR count). The number of halogens is 1. The van der Waals surface area contributed by atoms with Gasteiger partial charge in [-0.05, 0) is 31.5 Å². The zero-order valence-corrected chi connectivity index (χ0v) is 10.1. The first-order chi connectivity index (χ1) is 7.65. The summed E-state index contributed by atoms with van der Waals surface area (Å²) in [6.45, 7) is 4.65. The molecule has 0 bridgehead atoms. The molecule has 0 unspecified atom stereocenters. The van der Waals surface area contributed by atoms with Crippen LogP contribution in [0.1, 0.15) is 17.1 Å². The van der Waals surface area contributed by atoms with Crippen molar-refractivity contribution in [2.24, 2.45) is 0 Å². The minimum Gasteiger partial charge on any atom is -0.379 e. The van der Waals surface area contributed by atoms with E-state index in [2.05, 4.69) is 15.3 Å². The maximum Gasteiger partial charge on any atom is 0.103 e. The number of aromatic nitrogens is 2. The Morgan fingerprint density at radius 1 is 1.38 bits per heavy atom. The van der Waals surface area contributed by atoms with E-state index in [1.807, 2.05) is 38.2 Å². The first-order valence-corrected chi connectivity index (χ1v) is 5.53. The second-order valence-electron chi connectivity index (χ2n) is 3.81. The fourth-order valence-corrected chi connectivity index (χ4v) is 1.64. The summed E-state index contributed by atoms with van der Waals surface area (Å²) in [4.78, 5) is 7.30. The van der Waals surface area contributed by atoms with Gasteiger partial charge in [0.15, 0.2) is 0 Å². The molecule has 0 aliphatic heterocycles. The topological polar surface area (TPSA) is 40.7 Å². The Hall–Kier alpha value is -1.48. The lowest BCUT2D eigenvalue weighted by atomic mass is 10.2. The van der Waals surface area contributed by atoms with Crippen molar-refractivity contribution in [3.05, 3.63) is 46.5 Å². The molecule has 2 N–H and O–H groups in total. The number of aromatic amines is 1. The summed E-state index contributed by atoms with van der Waals surface area (Å²) in [7, 11) is 0. The highest BCUT2D eigenvalue weighted by Gasteiger charge is 1.99. The van der Waals surface area contributed by atoms with Crippen molar-refractivity contribution < 1.29 is 0 Å². The highest BCUT2D eigenvalue weighted by atomic mass is 35.5. The number of nitrogens with one attached hydrogen (secondary N) is 2. The highest BCUT2D eigenvalue weighted by Crippen LogP contribution is 2.20. The molecule has 1 aromatic heterocycles. The maximum absolute atomic E-state index is 6.04. The van der Waals surface area contributed by atoms with Crippen LogP contribution >= 0.6 is 11.6 Å². The van der Waals surface area contributed by atoms with Gasteiger partial charge in [-0.2, -0.15) is 0 Å². The standard InChI is InChI=1S/C12H14ClN3/c1-8-3-4-10(5-12(8)13)15-7-11-6-14-9(2)16-11/h3-6,15H,7H2,1-2H3,(H,14,16). The predicted octanol–water partition coefficient (Wildman–Crippen LogP) is 3.29. The fourth-order valence-electron chi connectivity index (χ4n) is 1.46. The number of nitrogens with zero attached hydrogens (tertiary/aromatic N) is 1. The molecule has 0 saturated carbocycles. The summed E-state index contributed by atoms with van der Waals surface area (Å²) in [5, 5.41) is 4.07. The fraction of sp³-hybridized carbons (Fsp3) is 0.250. The van der Waals surface area contributed by atoms with Gasteiger partial charge in [-0.3, -0.25) is 0 Å². The summed E-state index contributed by atoms with van der Waals surface area (Å²) in [5.74, 6) is 0.929. The van der Waals surface area contributed by atoms with Gasteiger partial charge in [0, 0.05) is 10.7 Å². The van der Waals surface area contributed by atoms with Crippen molar-refractivity contribution in [1.82, 2.24) is 9.97 Å². The van der Waals surface area contributed by atoms with E-state index in [0.717, 1.165) is 34.3 Å². The zero-order valence-electron chi connectivity index (χ0n) is 9.34. The second kappa shape index (κ2) is 4.58. The van der Waals surface area contributed by atoms with E-state index in [1.165, 1.54) is 0 Å². The molecule has 2 aromatic rings. The van der Waals surface area contributed by atoms with Crippen molar-refractivity contribution in [3.8, 4) is 0 Å². The van der Waals surface area contributed by atoms with Gasteiger partial charge in [0.25, 0.3) is 0 Å². The maximum atomic E-state index is 6.04. The van der Waals surface area contributed by atoms with Crippen LogP contribution in [0.3, 0.4) is 0 Å². The number of anilines is 1. The summed E-state index contributed by atoms with van der Waals surface area (Å²) in [6, 6.07) is 5.95. The molecule has 0 spiro atoms. The molecule has 0 fully saturated rings. The zero-order chi connectivity index (χ0) is 11.5. The van der Waals surface area contributed by atoms with Crippen LogP contribution in [0.25, 0.3) is 0 Å². The van der Waals surface area contributed by atoms with Gasteiger partial charge >= 0.3 is 0 Å². The SMILES string of the molecule is Cc1ncc(CNc2ccc(C)c(Cl)c2)[nH]1. The number of aryl methyl sites for hydroxylation is 2. The summed E-state index contributed by atoms with van der Waals surface area (Å²) >= 11 is 6.04.